The zero-order chi connectivity index (χ0) is 13.8. The first-order valence-corrected chi connectivity index (χ1v) is 8.86. The Morgan fingerprint density at radius 3 is 2.67 bits per heavy atom. The van der Waals surface area contributed by atoms with Crippen LogP contribution in [0, 0.1) is 6.92 Å². The molecule has 0 aliphatic rings. The number of rotatable bonds is 6. The third-order valence-electron chi connectivity index (χ3n) is 2.02. The Bertz CT molecular complexity index is 454. The molecule has 0 amide bonds. The van der Waals surface area contributed by atoms with Gasteiger partial charge in [0.15, 0.2) is 0 Å². The summed E-state index contributed by atoms with van der Waals surface area (Å²) in [7, 11) is 0. The molecule has 1 aromatic carbocycles. The van der Waals surface area contributed by atoms with Crippen LogP contribution in [-0.4, -0.2) is 12.6 Å². The Kier molecular flexibility index (Phi) is 6.09. The Morgan fingerprint density at radius 1 is 1.44 bits per heavy atom. The molecule has 0 aliphatic carbocycles. The lowest BCUT2D eigenvalue weighted by Crippen LogP contribution is -2.23. The summed E-state index contributed by atoms with van der Waals surface area (Å²) in [5.74, 6) is 0.571. The van der Waals surface area contributed by atoms with Crippen LogP contribution in [-0.2, 0) is 16.3 Å². The fourth-order valence-electron chi connectivity index (χ4n) is 1.39. The van der Waals surface area contributed by atoms with Gasteiger partial charge in [0.05, 0.1) is 11.6 Å². The first kappa shape index (κ1) is 15.9. The highest BCUT2D eigenvalue weighted by Crippen LogP contribution is 2.47. The maximum atomic E-state index is 6.10. The second-order valence-corrected chi connectivity index (χ2v) is 7.77. The molecule has 0 saturated carbocycles. The highest BCUT2D eigenvalue weighted by Gasteiger charge is 2.22. The molecule has 0 saturated heterocycles. The van der Waals surface area contributed by atoms with E-state index in [1.165, 1.54) is 0 Å². The molecule has 1 unspecified atom stereocenters. The van der Waals surface area contributed by atoms with Crippen molar-refractivity contribution in [1.29, 1.82) is 0 Å². The highest BCUT2D eigenvalue weighted by molar-refractivity contribution is 8.09. The molecule has 0 spiro atoms. The van der Waals surface area contributed by atoms with Crippen molar-refractivity contribution in [2.75, 3.05) is 6.61 Å². The van der Waals surface area contributed by atoms with E-state index in [0.717, 1.165) is 5.56 Å². The van der Waals surface area contributed by atoms with Crippen LogP contribution in [0.3, 0.4) is 0 Å². The molecule has 0 bridgehead atoms. The first-order chi connectivity index (χ1) is 8.36. The van der Waals surface area contributed by atoms with Gasteiger partial charge in [-0.05, 0) is 57.2 Å². The van der Waals surface area contributed by atoms with Crippen LogP contribution in [0.15, 0.2) is 18.2 Å². The normalized spacial score (nSPS) is 14.6. The number of aryl methyl sites for hydroxylation is 1. The van der Waals surface area contributed by atoms with Crippen molar-refractivity contribution >= 4 is 30.1 Å². The second kappa shape index (κ2) is 6.88. The van der Waals surface area contributed by atoms with Gasteiger partial charge in [-0.25, -0.2) is 5.09 Å². The fourth-order valence-corrected chi connectivity index (χ4v) is 4.35. The fraction of sp³-hybridized carbons (Fsp3) is 0.500. The zero-order valence-corrected chi connectivity index (χ0v) is 13.5. The first-order valence-electron chi connectivity index (χ1n) is 5.84. The minimum absolute atomic E-state index is 0.186. The number of hydrogen-bond acceptors (Lipinski definition) is 3. The van der Waals surface area contributed by atoms with Crippen LogP contribution in [0.1, 0.15) is 26.3 Å². The molecule has 18 heavy (non-hydrogen) atoms. The predicted octanol–water partition coefficient (Wildman–Crippen LogP) is 4.29. The zero-order valence-electron chi connectivity index (χ0n) is 11.1. The quantitative estimate of drug-likeness (QED) is 0.794. The van der Waals surface area contributed by atoms with Crippen molar-refractivity contribution in [2.45, 2.75) is 33.7 Å². The van der Waals surface area contributed by atoms with Gasteiger partial charge in [-0.15, -0.1) is 0 Å². The largest absolute Gasteiger partial charge is 0.431 e. The van der Waals surface area contributed by atoms with Crippen LogP contribution in [0.2, 0.25) is 5.02 Å². The van der Waals surface area contributed by atoms with Gasteiger partial charge in [0.25, 0.3) is 0 Å². The number of hydrogen-bond donors (Lipinski definition) is 1. The third-order valence-corrected chi connectivity index (χ3v) is 5.06. The SMILES string of the molecule is CCOP(=S)(NC(C)C)Oc1cc(C)ccc1Cl. The topological polar surface area (TPSA) is 30.5 Å². The molecule has 1 N–H and O–H groups in total. The molecule has 0 fully saturated rings. The molecule has 6 heteroatoms. The highest BCUT2D eigenvalue weighted by atomic mass is 35.5. The maximum Gasteiger partial charge on any atom is 0.313 e. The molecule has 1 atom stereocenters. The molecular formula is C12H19ClNO2PS. The average molecular weight is 308 g/mol. The van der Waals surface area contributed by atoms with Gasteiger partial charge in [-0.2, -0.15) is 0 Å². The molecule has 0 aliphatic heterocycles. The molecule has 3 nitrogen and oxygen atoms in total. The Labute approximate surface area is 119 Å². The van der Waals surface area contributed by atoms with Crippen LogP contribution in [0.25, 0.3) is 0 Å². The van der Waals surface area contributed by atoms with E-state index < -0.39 is 6.64 Å². The summed E-state index contributed by atoms with van der Waals surface area (Å²) in [4.78, 5) is 0. The van der Waals surface area contributed by atoms with Gasteiger partial charge in [-0.3, -0.25) is 0 Å². The third kappa shape index (κ3) is 4.87. The van der Waals surface area contributed by atoms with Crippen LogP contribution in [0.5, 0.6) is 5.75 Å². The molecule has 1 aromatic rings. The molecule has 0 radical (unpaired) electrons. The maximum absolute atomic E-state index is 6.10. The van der Waals surface area contributed by atoms with E-state index in [4.69, 9.17) is 32.5 Å². The van der Waals surface area contributed by atoms with E-state index in [9.17, 15) is 0 Å². The second-order valence-electron chi connectivity index (χ2n) is 4.22. The Hall–Kier alpha value is -0.120. The van der Waals surface area contributed by atoms with Gasteiger partial charge in [0.1, 0.15) is 5.75 Å². The molecule has 0 aromatic heterocycles. The average Bonchev–Trinajstić information content (AvgIpc) is 2.22. The summed E-state index contributed by atoms with van der Waals surface area (Å²) in [6.45, 7) is 5.83. The monoisotopic (exact) mass is 307 g/mol. The molecule has 1 rings (SSSR count). The minimum atomic E-state index is -2.55. The molecular weight excluding hydrogens is 289 g/mol. The van der Waals surface area contributed by atoms with Crippen LogP contribution in [0.4, 0.5) is 0 Å². The summed E-state index contributed by atoms with van der Waals surface area (Å²) >= 11 is 11.6. The van der Waals surface area contributed by atoms with Gasteiger partial charge < -0.3 is 9.05 Å². The van der Waals surface area contributed by atoms with Crippen molar-refractivity contribution in [3.8, 4) is 5.75 Å². The summed E-state index contributed by atoms with van der Waals surface area (Å²) in [5.41, 5.74) is 1.07. The van der Waals surface area contributed by atoms with Crippen molar-refractivity contribution in [1.82, 2.24) is 5.09 Å². The lowest BCUT2D eigenvalue weighted by atomic mass is 10.2. The van der Waals surface area contributed by atoms with E-state index >= 15 is 0 Å². The van der Waals surface area contributed by atoms with E-state index in [0.29, 0.717) is 17.4 Å². The van der Waals surface area contributed by atoms with E-state index in [1.54, 1.807) is 6.07 Å². The van der Waals surface area contributed by atoms with Crippen molar-refractivity contribution in [2.24, 2.45) is 0 Å². The van der Waals surface area contributed by atoms with Crippen LogP contribution >= 0.6 is 18.2 Å². The van der Waals surface area contributed by atoms with Gasteiger partial charge in [-0.1, -0.05) is 17.7 Å². The van der Waals surface area contributed by atoms with E-state index in [-0.39, 0.29) is 6.04 Å². The smallest absolute Gasteiger partial charge is 0.313 e. The number of halogens is 1. The molecule has 102 valence electrons. The van der Waals surface area contributed by atoms with Gasteiger partial charge >= 0.3 is 6.64 Å². The lowest BCUT2D eigenvalue weighted by Gasteiger charge is -2.25. The summed E-state index contributed by atoms with van der Waals surface area (Å²) in [6, 6.07) is 5.78. The van der Waals surface area contributed by atoms with Crippen molar-refractivity contribution in [3.05, 3.63) is 28.8 Å². The van der Waals surface area contributed by atoms with Crippen molar-refractivity contribution in [3.63, 3.8) is 0 Å². The van der Waals surface area contributed by atoms with Crippen molar-refractivity contribution < 1.29 is 9.05 Å². The van der Waals surface area contributed by atoms with Crippen LogP contribution < -0.4 is 9.61 Å². The Morgan fingerprint density at radius 2 is 2.11 bits per heavy atom. The summed E-state index contributed by atoms with van der Waals surface area (Å²) < 4.78 is 11.4. The lowest BCUT2D eigenvalue weighted by molar-refractivity contribution is 0.319. The van der Waals surface area contributed by atoms with E-state index in [2.05, 4.69) is 5.09 Å². The predicted molar refractivity (Wildman–Crippen MR) is 81.0 cm³/mol. The summed E-state index contributed by atoms with van der Waals surface area (Å²) in [5, 5.41) is 3.72. The minimum Gasteiger partial charge on any atom is -0.431 e. The molecule has 0 heterocycles. The Balaban J connectivity index is 2.95. The summed E-state index contributed by atoms with van der Waals surface area (Å²) in [6.07, 6.45) is 0. The standard InChI is InChI=1S/C12H19ClNO2PS/c1-5-15-17(18,14-9(2)3)16-12-8-10(4)6-7-11(12)13/h6-9H,5H2,1-4H3,(H,14,18). The van der Waals surface area contributed by atoms with Gasteiger partial charge in [0, 0.05) is 6.04 Å². The number of nitrogens with one attached hydrogen (secondary N) is 1. The number of benzene rings is 1. The van der Waals surface area contributed by atoms with E-state index in [1.807, 2.05) is 39.8 Å². The van der Waals surface area contributed by atoms with Gasteiger partial charge in [0.2, 0.25) is 0 Å².